The zero-order valence-electron chi connectivity index (χ0n) is 17.0. The second-order valence-electron chi connectivity index (χ2n) is 7.01. The Balaban J connectivity index is 1.29. The van der Waals surface area contributed by atoms with Crippen LogP contribution in [0.2, 0.25) is 0 Å². The normalized spacial score (nSPS) is 10.9. The number of ether oxygens (including phenoxy) is 1. The lowest BCUT2D eigenvalue weighted by molar-refractivity contribution is -0.113. The molecule has 6 nitrogen and oxygen atoms in total. The molecule has 0 fully saturated rings. The van der Waals surface area contributed by atoms with Gasteiger partial charge in [-0.1, -0.05) is 42.1 Å². The van der Waals surface area contributed by atoms with E-state index < -0.39 is 0 Å². The Labute approximate surface area is 192 Å². The molecule has 0 aliphatic heterocycles. The van der Waals surface area contributed by atoms with Gasteiger partial charge in [0.05, 0.1) is 11.4 Å². The second kappa shape index (κ2) is 9.53. The molecule has 0 saturated heterocycles. The van der Waals surface area contributed by atoms with Gasteiger partial charge < -0.3 is 14.5 Å². The molecule has 4 rings (SSSR count). The maximum Gasteiger partial charge on any atom is 0.277 e. The van der Waals surface area contributed by atoms with E-state index in [0.717, 1.165) is 37.8 Å². The standard InChI is InChI=1S/C23H20BrN3O3S/c1-14-9-19(24)20(10-15(14)2)25-21(28)13-31-23-27-26-22(30-23)12-29-18-8-7-16-5-3-4-6-17(16)11-18/h3-11H,12-13H2,1-2H3,(H,25,28). The first-order chi connectivity index (χ1) is 15.0. The number of carbonyl (C=O) groups is 1. The summed E-state index contributed by atoms with van der Waals surface area (Å²) >= 11 is 4.66. The number of hydrogen-bond acceptors (Lipinski definition) is 6. The van der Waals surface area contributed by atoms with Crippen molar-refractivity contribution in [2.45, 2.75) is 25.7 Å². The minimum atomic E-state index is -0.152. The largest absolute Gasteiger partial charge is 0.484 e. The molecule has 1 N–H and O–H groups in total. The molecule has 1 amide bonds. The molecule has 1 heterocycles. The van der Waals surface area contributed by atoms with Gasteiger partial charge in [-0.2, -0.15) is 0 Å². The fourth-order valence-corrected chi connectivity index (χ4v) is 4.08. The van der Waals surface area contributed by atoms with Crippen LogP contribution in [0.5, 0.6) is 5.75 Å². The van der Waals surface area contributed by atoms with Gasteiger partial charge in [-0.15, -0.1) is 10.2 Å². The summed E-state index contributed by atoms with van der Waals surface area (Å²) in [6.45, 7) is 4.19. The van der Waals surface area contributed by atoms with E-state index in [9.17, 15) is 4.79 Å². The summed E-state index contributed by atoms with van der Waals surface area (Å²) in [5.74, 6) is 1.09. The molecule has 0 saturated carbocycles. The van der Waals surface area contributed by atoms with Crippen LogP contribution in [0.3, 0.4) is 0 Å². The van der Waals surface area contributed by atoms with Crippen molar-refractivity contribution in [1.29, 1.82) is 0 Å². The number of anilines is 1. The van der Waals surface area contributed by atoms with E-state index in [2.05, 4.69) is 37.5 Å². The third-order valence-corrected chi connectivity index (χ3v) is 6.19. The van der Waals surface area contributed by atoms with Crippen LogP contribution in [0.15, 0.2) is 68.7 Å². The molecule has 31 heavy (non-hydrogen) atoms. The number of aromatic nitrogens is 2. The zero-order valence-corrected chi connectivity index (χ0v) is 19.4. The van der Waals surface area contributed by atoms with Gasteiger partial charge in [-0.25, -0.2) is 0 Å². The van der Waals surface area contributed by atoms with Gasteiger partial charge in [0.25, 0.3) is 11.1 Å². The predicted octanol–water partition coefficient (Wildman–Crippen LogP) is 5.91. The monoisotopic (exact) mass is 497 g/mol. The van der Waals surface area contributed by atoms with E-state index in [1.807, 2.05) is 62.4 Å². The highest BCUT2D eigenvalue weighted by molar-refractivity contribution is 9.10. The fourth-order valence-electron chi connectivity index (χ4n) is 2.95. The molecule has 1 aromatic heterocycles. The highest BCUT2D eigenvalue weighted by Gasteiger charge is 2.12. The number of rotatable bonds is 7. The SMILES string of the molecule is Cc1cc(Br)c(NC(=O)CSc2nnc(COc3ccc4ccccc4c3)o2)cc1C. The van der Waals surface area contributed by atoms with Crippen LogP contribution >= 0.6 is 27.7 Å². The first kappa shape index (κ1) is 21.4. The number of thioether (sulfide) groups is 1. The molecule has 0 aliphatic carbocycles. The first-order valence-electron chi connectivity index (χ1n) is 9.61. The van der Waals surface area contributed by atoms with Gasteiger partial charge in [0.15, 0.2) is 6.61 Å². The van der Waals surface area contributed by atoms with Crippen LogP contribution in [0.1, 0.15) is 17.0 Å². The first-order valence-corrected chi connectivity index (χ1v) is 11.4. The van der Waals surface area contributed by atoms with E-state index in [-0.39, 0.29) is 18.3 Å². The molecular weight excluding hydrogens is 478 g/mol. The fraction of sp³-hybridized carbons (Fsp3) is 0.174. The van der Waals surface area contributed by atoms with Crippen molar-refractivity contribution in [2.75, 3.05) is 11.1 Å². The number of hydrogen-bond donors (Lipinski definition) is 1. The summed E-state index contributed by atoms with van der Waals surface area (Å²) in [6, 6.07) is 17.9. The van der Waals surface area contributed by atoms with Crippen LogP contribution in [0.25, 0.3) is 10.8 Å². The van der Waals surface area contributed by atoms with Crippen LogP contribution in [0.4, 0.5) is 5.69 Å². The Hall–Kier alpha value is -2.84. The summed E-state index contributed by atoms with van der Waals surface area (Å²) in [4.78, 5) is 12.3. The number of nitrogens with one attached hydrogen (secondary N) is 1. The number of halogens is 1. The minimum absolute atomic E-state index is 0.152. The Bertz CT molecular complexity index is 1240. The molecule has 158 valence electrons. The molecule has 0 unspecified atom stereocenters. The highest BCUT2D eigenvalue weighted by atomic mass is 79.9. The third-order valence-electron chi connectivity index (χ3n) is 4.72. The topological polar surface area (TPSA) is 77.2 Å². The van der Waals surface area contributed by atoms with E-state index in [4.69, 9.17) is 9.15 Å². The number of aryl methyl sites for hydroxylation is 2. The summed E-state index contributed by atoms with van der Waals surface area (Å²) < 4.78 is 12.2. The van der Waals surface area contributed by atoms with Crippen molar-refractivity contribution >= 4 is 50.1 Å². The highest BCUT2D eigenvalue weighted by Crippen LogP contribution is 2.27. The Kier molecular flexibility index (Phi) is 6.58. The van der Waals surface area contributed by atoms with E-state index in [0.29, 0.717) is 11.1 Å². The van der Waals surface area contributed by atoms with E-state index >= 15 is 0 Å². The van der Waals surface area contributed by atoms with Crippen molar-refractivity contribution < 1.29 is 13.9 Å². The zero-order chi connectivity index (χ0) is 21.8. The summed E-state index contributed by atoms with van der Waals surface area (Å²) in [6.07, 6.45) is 0. The Morgan fingerprint density at radius 2 is 1.84 bits per heavy atom. The van der Waals surface area contributed by atoms with Gasteiger partial charge in [-0.05, 0) is 75.9 Å². The second-order valence-corrected chi connectivity index (χ2v) is 8.79. The summed E-state index contributed by atoms with van der Waals surface area (Å²) in [7, 11) is 0. The third kappa shape index (κ3) is 5.45. The van der Waals surface area contributed by atoms with Crippen molar-refractivity contribution in [2.24, 2.45) is 0 Å². The lowest BCUT2D eigenvalue weighted by Crippen LogP contribution is -2.14. The molecule has 8 heteroatoms. The maximum atomic E-state index is 12.3. The van der Waals surface area contributed by atoms with Crippen molar-refractivity contribution in [3.63, 3.8) is 0 Å². The number of fused-ring (bicyclic) bond motifs is 1. The van der Waals surface area contributed by atoms with Crippen LogP contribution in [-0.2, 0) is 11.4 Å². The lowest BCUT2D eigenvalue weighted by Gasteiger charge is -2.09. The molecule has 0 radical (unpaired) electrons. The lowest BCUT2D eigenvalue weighted by atomic mass is 10.1. The van der Waals surface area contributed by atoms with Gasteiger partial charge in [-0.3, -0.25) is 4.79 Å². The van der Waals surface area contributed by atoms with E-state index in [1.54, 1.807) is 0 Å². The molecule has 3 aromatic carbocycles. The van der Waals surface area contributed by atoms with Gasteiger partial charge in [0.2, 0.25) is 5.91 Å². The number of amides is 1. The molecule has 0 atom stereocenters. The number of nitrogens with zero attached hydrogens (tertiary/aromatic N) is 2. The predicted molar refractivity (Wildman–Crippen MR) is 126 cm³/mol. The molecule has 4 aromatic rings. The van der Waals surface area contributed by atoms with E-state index in [1.165, 1.54) is 11.8 Å². The van der Waals surface area contributed by atoms with Crippen LogP contribution in [0, 0.1) is 13.8 Å². The average Bonchev–Trinajstić information content (AvgIpc) is 3.22. The quantitative estimate of drug-likeness (QED) is 0.319. The molecular formula is C23H20BrN3O3S. The minimum Gasteiger partial charge on any atom is -0.484 e. The van der Waals surface area contributed by atoms with Gasteiger partial charge in [0.1, 0.15) is 5.75 Å². The average molecular weight is 498 g/mol. The molecule has 0 spiro atoms. The van der Waals surface area contributed by atoms with Gasteiger partial charge >= 0.3 is 0 Å². The Morgan fingerprint density at radius 1 is 1.06 bits per heavy atom. The summed E-state index contributed by atoms with van der Waals surface area (Å²) in [5.41, 5.74) is 3.01. The van der Waals surface area contributed by atoms with Crippen molar-refractivity contribution in [3.05, 3.63) is 76.1 Å². The van der Waals surface area contributed by atoms with Crippen molar-refractivity contribution in [3.8, 4) is 5.75 Å². The molecule has 0 aliphatic rings. The smallest absolute Gasteiger partial charge is 0.277 e. The Morgan fingerprint density at radius 3 is 2.68 bits per heavy atom. The number of carbonyl (C=O) groups excluding carboxylic acids is 1. The van der Waals surface area contributed by atoms with Crippen LogP contribution < -0.4 is 10.1 Å². The van der Waals surface area contributed by atoms with Gasteiger partial charge in [0, 0.05) is 4.47 Å². The maximum absolute atomic E-state index is 12.3. The van der Waals surface area contributed by atoms with Crippen molar-refractivity contribution in [1.82, 2.24) is 10.2 Å². The summed E-state index contributed by atoms with van der Waals surface area (Å²) in [5, 5.41) is 13.4. The van der Waals surface area contributed by atoms with Crippen LogP contribution in [-0.4, -0.2) is 21.9 Å². The number of benzene rings is 3. The molecule has 0 bridgehead atoms.